The number of nitrogens with zero attached hydrogens (tertiary/aromatic N) is 3. The van der Waals surface area contributed by atoms with Gasteiger partial charge in [0.25, 0.3) is 0 Å². The van der Waals surface area contributed by atoms with Crippen LogP contribution < -0.4 is 10.6 Å². The number of aliphatic imine (C=N–C) groups is 1. The molecule has 1 aromatic carbocycles. The van der Waals surface area contributed by atoms with E-state index in [0.717, 1.165) is 28.3 Å². The van der Waals surface area contributed by atoms with E-state index in [1.54, 1.807) is 7.05 Å². The fourth-order valence-electron chi connectivity index (χ4n) is 2.39. The summed E-state index contributed by atoms with van der Waals surface area (Å²) in [6.07, 6.45) is 4.01. The van der Waals surface area contributed by atoms with Gasteiger partial charge in [-0.05, 0) is 40.5 Å². The number of halogens is 1. The Balaban J connectivity index is 1.57. The van der Waals surface area contributed by atoms with Crippen molar-refractivity contribution < 1.29 is 0 Å². The molecule has 0 unspecified atom stereocenters. The predicted molar refractivity (Wildman–Crippen MR) is 101 cm³/mol. The maximum absolute atomic E-state index is 4.58. The third-order valence-electron chi connectivity index (χ3n) is 3.71. The zero-order valence-electron chi connectivity index (χ0n) is 13.8. The largest absolute Gasteiger partial charge is 0.352 e. The highest BCUT2D eigenvalue weighted by Gasteiger charge is 2.04. The summed E-state index contributed by atoms with van der Waals surface area (Å²) in [4.78, 5) is 8.84. The van der Waals surface area contributed by atoms with E-state index in [9.17, 15) is 0 Å². The third-order valence-corrected chi connectivity index (χ3v) is 4.18. The molecule has 3 rings (SSSR count). The Morgan fingerprint density at radius 1 is 1.08 bits per heavy atom. The molecular formula is C18H20BrN5. The standard InChI is InChI=1S/C18H20BrN5/c1-13-3-5-14(6-4-13)9-21-18(20-2)22-10-16-12-24-11-15(19)7-8-17(24)23-16/h3-8,11-12H,9-10H2,1-2H3,(H2,20,21,22). The number of benzene rings is 1. The molecule has 3 aromatic rings. The molecule has 2 heterocycles. The van der Waals surface area contributed by atoms with Crippen LogP contribution in [0.3, 0.4) is 0 Å². The number of nitrogens with one attached hydrogen (secondary N) is 2. The fraction of sp³-hybridized carbons (Fsp3) is 0.222. The van der Waals surface area contributed by atoms with Crippen LogP contribution in [0, 0.1) is 6.92 Å². The summed E-state index contributed by atoms with van der Waals surface area (Å²) in [5, 5.41) is 6.61. The quantitative estimate of drug-likeness (QED) is 0.535. The Kier molecular flexibility index (Phi) is 5.15. The van der Waals surface area contributed by atoms with E-state index >= 15 is 0 Å². The maximum Gasteiger partial charge on any atom is 0.191 e. The van der Waals surface area contributed by atoms with E-state index in [2.05, 4.69) is 67.7 Å². The minimum atomic E-state index is 0.618. The second-order valence-corrected chi connectivity index (χ2v) is 6.53. The lowest BCUT2D eigenvalue weighted by Crippen LogP contribution is -2.36. The summed E-state index contributed by atoms with van der Waals surface area (Å²) in [5.41, 5.74) is 4.38. The van der Waals surface area contributed by atoms with Crippen LogP contribution in [-0.4, -0.2) is 22.4 Å². The molecule has 0 atom stereocenters. The highest BCUT2D eigenvalue weighted by atomic mass is 79.9. The molecule has 0 saturated heterocycles. The number of aromatic nitrogens is 2. The molecule has 0 amide bonds. The van der Waals surface area contributed by atoms with Crippen molar-refractivity contribution in [2.24, 2.45) is 4.99 Å². The number of rotatable bonds is 4. The molecule has 0 aliphatic rings. The van der Waals surface area contributed by atoms with Crippen LogP contribution >= 0.6 is 15.9 Å². The summed E-state index contributed by atoms with van der Waals surface area (Å²) < 4.78 is 3.03. The van der Waals surface area contributed by atoms with Crippen LogP contribution in [0.5, 0.6) is 0 Å². The molecule has 0 aliphatic carbocycles. The summed E-state index contributed by atoms with van der Waals surface area (Å²) in [6.45, 7) is 3.44. The molecule has 0 spiro atoms. The highest BCUT2D eigenvalue weighted by Crippen LogP contribution is 2.12. The lowest BCUT2D eigenvalue weighted by atomic mass is 10.1. The van der Waals surface area contributed by atoms with Crippen LogP contribution in [0.25, 0.3) is 5.65 Å². The lowest BCUT2D eigenvalue weighted by molar-refractivity contribution is 0.798. The molecule has 6 heteroatoms. The lowest BCUT2D eigenvalue weighted by Gasteiger charge is -2.11. The monoisotopic (exact) mass is 385 g/mol. The van der Waals surface area contributed by atoms with Gasteiger partial charge in [0.1, 0.15) is 5.65 Å². The number of imidazole rings is 1. The number of pyridine rings is 1. The van der Waals surface area contributed by atoms with Gasteiger partial charge in [0, 0.05) is 30.5 Å². The van der Waals surface area contributed by atoms with Crippen molar-refractivity contribution >= 4 is 27.5 Å². The summed E-state index contributed by atoms with van der Waals surface area (Å²) in [7, 11) is 1.77. The first-order valence-corrected chi connectivity index (χ1v) is 8.56. The Morgan fingerprint density at radius 2 is 1.83 bits per heavy atom. The van der Waals surface area contributed by atoms with Crippen molar-refractivity contribution in [3.8, 4) is 0 Å². The molecule has 2 N–H and O–H groups in total. The Labute approximate surface area is 150 Å². The van der Waals surface area contributed by atoms with Crippen LogP contribution in [-0.2, 0) is 13.1 Å². The molecule has 24 heavy (non-hydrogen) atoms. The Morgan fingerprint density at radius 3 is 2.58 bits per heavy atom. The summed E-state index contributed by atoms with van der Waals surface area (Å²) in [6, 6.07) is 12.4. The first-order valence-electron chi connectivity index (χ1n) is 7.77. The van der Waals surface area contributed by atoms with E-state index in [0.29, 0.717) is 6.54 Å². The number of aryl methyl sites for hydroxylation is 1. The first kappa shape index (κ1) is 16.5. The van der Waals surface area contributed by atoms with Crippen molar-refractivity contribution in [1.29, 1.82) is 0 Å². The maximum atomic E-state index is 4.58. The molecule has 0 radical (unpaired) electrons. The Hall–Kier alpha value is -2.34. The average molecular weight is 386 g/mol. The van der Waals surface area contributed by atoms with Gasteiger partial charge in [0.2, 0.25) is 0 Å². The van der Waals surface area contributed by atoms with Gasteiger partial charge in [-0.3, -0.25) is 4.99 Å². The Bertz CT molecular complexity index is 851. The fourth-order valence-corrected chi connectivity index (χ4v) is 2.74. The van der Waals surface area contributed by atoms with E-state index in [-0.39, 0.29) is 0 Å². The van der Waals surface area contributed by atoms with Gasteiger partial charge < -0.3 is 15.0 Å². The molecular weight excluding hydrogens is 366 g/mol. The van der Waals surface area contributed by atoms with Crippen molar-refractivity contribution in [2.45, 2.75) is 20.0 Å². The van der Waals surface area contributed by atoms with Gasteiger partial charge in [-0.1, -0.05) is 29.8 Å². The van der Waals surface area contributed by atoms with Crippen molar-refractivity contribution in [2.75, 3.05) is 7.05 Å². The predicted octanol–water partition coefficient (Wildman–Crippen LogP) is 3.27. The molecule has 124 valence electrons. The van der Waals surface area contributed by atoms with Crippen LogP contribution in [0.1, 0.15) is 16.8 Å². The van der Waals surface area contributed by atoms with Crippen LogP contribution in [0.15, 0.2) is 58.3 Å². The van der Waals surface area contributed by atoms with Crippen molar-refractivity contribution in [3.63, 3.8) is 0 Å². The molecule has 5 nitrogen and oxygen atoms in total. The van der Waals surface area contributed by atoms with E-state index in [4.69, 9.17) is 0 Å². The number of hydrogen-bond acceptors (Lipinski definition) is 2. The van der Waals surface area contributed by atoms with Crippen molar-refractivity contribution in [3.05, 3.63) is 70.1 Å². The zero-order chi connectivity index (χ0) is 16.9. The van der Waals surface area contributed by atoms with E-state index in [1.807, 2.05) is 28.9 Å². The second kappa shape index (κ2) is 7.49. The van der Waals surface area contributed by atoms with Gasteiger partial charge in [-0.25, -0.2) is 4.98 Å². The number of guanidine groups is 1. The topological polar surface area (TPSA) is 53.7 Å². The highest BCUT2D eigenvalue weighted by molar-refractivity contribution is 9.10. The van der Waals surface area contributed by atoms with E-state index in [1.165, 1.54) is 11.1 Å². The minimum absolute atomic E-state index is 0.618. The minimum Gasteiger partial charge on any atom is -0.352 e. The smallest absolute Gasteiger partial charge is 0.191 e. The normalized spacial score (nSPS) is 11.7. The average Bonchev–Trinajstić information content (AvgIpc) is 2.98. The second-order valence-electron chi connectivity index (χ2n) is 5.61. The third kappa shape index (κ3) is 4.14. The van der Waals surface area contributed by atoms with Crippen LogP contribution in [0.4, 0.5) is 0 Å². The number of fused-ring (bicyclic) bond motifs is 1. The van der Waals surface area contributed by atoms with Gasteiger partial charge in [0.15, 0.2) is 5.96 Å². The zero-order valence-corrected chi connectivity index (χ0v) is 15.3. The van der Waals surface area contributed by atoms with Gasteiger partial charge >= 0.3 is 0 Å². The van der Waals surface area contributed by atoms with Gasteiger partial charge in [0.05, 0.1) is 12.2 Å². The SMILES string of the molecule is CN=C(NCc1ccc(C)cc1)NCc1cn2cc(Br)ccc2n1. The first-order chi connectivity index (χ1) is 11.6. The van der Waals surface area contributed by atoms with Crippen molar-refractivity contribution in [1.82, 2.24) is 20.0 Å². The van der Waals surface area contributed by atoms with E-state index < -0.39 is 0 Å². The van der Waals surface area contributed by atoms with Crippen LogP contribution in [0.2, 0.25) is 0 Å². The molecule has 0 saturated carbocycles. The molecule has 0 fully saturated rings. The summed E-state index contributed by atoms with van der Waals surface area (Å²) in [5.74, 6) is 0.758. The molecule has 0 bridgehead atoms. The van der Waals surface area contributed by atoms with Gasteiger partial charge in [-0.2, -0.15) is 0 Å². The number of hydrogen-bond donors (Lipinski definition) is 2. The van der Waals surface area contributed by atoms with Gasteiger partial charge in [-0.15, -0.1) is 0 Å². The summed E-state index contributed by atoms with van der Waals surface area (Å²) >= 11 is 3.47. The molecule has 0 aliphatic heterocycles. The molecule has 2 aromatic heterocycles.